The number of Topliss-reactive ketones (excluding diaryl/α,β-unsaturated/α-hetero) is 1. The molecular weight excluding hydrogens is 294 g/mol. The van der Waals surface area contributed by atoms with Crippen LogP contribution < -0.4 is 4.74 Å². The SMILES string of the molecule is Cc1nccc(OC2CCN(C(=O)C3CCC(=O)CC3)CC2)n1. The van der Waals surface area contributed by atoms with Crippen molar-refractivity contribution >= 4 is 11.7 Å². The zero-order valence-electron chi connectivity index (χ0n) is 13.5. The molecule has 1 saturated carbocycles. The first-order chi connectivity index (χ1) is 11.1. The minimum absolute atomic E-state index is 0.0367. The fraction of sp³-hybridized carbons (Fsp3) is 0.647. The summed E-state index contributed by atoms with van der Waals surface area (Å²) >= 11 is 0. The number of hydrogen-bond acceptors (Lipinski definition) is 5. The van der Waals surface area contributed by atoms with Crippen molar-refractivity contribution in [3.8, 4) is 5.88 Å². The number of carbonyl (C=O) groups excluding carboxylic acids is 2. The Balaban J connectivity index is 1.48. The van der Waals surface area contributed by atoms with Crippen molar-refractivity contribution < 1.29 is 14.3 Å². The zero-order valence-corrected chi connectivity index (χ0v) is 13.5. The number of aromatic nitrogens is 2. The molecule has 0 unspecified atom stereocenters. The Bertz CT molecular complexity index is 572. The van der Waals surface area contributed by atoms with Gasteiger partial charge >= 0.3 is 0 Å². The molecule has 3 rings (SSSR count). The third-order valence-corrected chi connectivity index (χ3v) is 4.68. The summed E-state index contributed by atoms with van der Waals surface area (Å²) < 4.78 is 5.89. The van der Waals surface area contributed by atoms with Gasteiger partial charge < -0.3 is 9.64 Å². The predicted octanol–water partition coefficient (Wildman–Crippen LogP) is 1.91. The molecule has 6 nitrogen and oxygen atoms in total. The van der Waals surface area contributed by atoms with Crippen LogP contribution in [0.1, 0.15) is 44.3 Å². The van der Waals surface area contributed by atoms with E-state index in [1.54, 1.807) is 12.3 Å². The van der Waals surface area contributed by atoms with Gasteiger partial charge in [-0.25, -0.2) is 4.98 Å². The van der Waals surface area contributed by atoms with Crippen LogP contribution in [0.5, 0.6) is 5.88 Å². The molecule has 1 saturated heterocycles. The molecule has 0 atom stereocenters. The highest BCUT2D eigenvalue weighted by Crippen LogP contribution is 2.25. The van der Waals surface area contributed by atoms with E-state index in [-0.39, 0.29) is 17.9 Å². The molecule has 1 aromatic heterocycles. The Hall–Kier alpha value is -1.98. The number of amides is 1. The summed E-state index contributed by atoms with van der Waals surface area (Å²) in [5.41, 5.74) is 0. The van der Waals surface area contributed by atoms with Crippen molar-refractivity contribution in [2.24, 2.45) is 5.92 Å². The van der Waals surface area contributed by atoms with E-state index in [1.165, 1.54) is 0 Å². The lowest BCUT2D eigenvalue weighted by atomic mass is 9.87. The third kappa shape index (κ3) is 4.06. The zero-order chi connectivity index (χ0) is 16.2. The van der Waals surface area contributed by atoms with Crippen LogP contribution in [0.3, 0.4) is 0 Å². The normalized spacial score (nSPS) is 20.6. The lowest BCUT2D eigenvalue weighted by molar-refractivity contribution is -0.139. The van der Waals surface area contributed by atoms with E-state index >= 15 is 0 Å². The molecule has 1 aromatic rings. The van der Waals surface area contributed by atoms with Crippen molar-refractivity contribution in [3.63, 3.8) is 0 Å². The number of ketones is 1. The Kier molecular flexibility index (Phi) is 4.88. The summed E-state index contributed by atoms with van der Waals surface area (Å²) in [5, 5.41) is 0. The quantitative estimate of drug-likeness (QED) is 0.851. The van der Waals surface area contributed by atoms with Gasteiger partial charge in [-0.15, -0.1) is 0 Å². The number of nitrogens with zero attached hydrogens (tertiary/aromatic N) is 3. The monoisotopic (exact) mass is 317 g/mol. The maximum atomic E-state index is 12.5. The summed E-state index contributed by atoms with van der Waals surface area (Å²) in [5.74, 6) is 1.85. The summed E-state index contributed by atoms with van der Waals surface area (Å²) in [6, 6.07) is 1.77. The minimum atomic E-state index is 0.0367. The van der Waals surface area contributed by atoms with Crippen molar-refractivity contribution in [1.82, 2.24) is 14.9 Å². The Morgan fingerprint density at radius 1 is 1.22 bits per heavy atom. The molecule has 0 bridgehead atoms. The van der Waals surface area contributed by atoms with E-state index in [4.69, 9.17) is 4.74 Å². The van der Waals surface area contributed by atoms with Crippen LogP contribution in [0.4, 0.5) is 0 Å². The first kappa shape index (κ1) is 15.9. The van der Waals surface area contributed by atoms with Gasteiger partial charge in [-0.2, -0.15) is 4.98 Å². The lowest BCUT2D eigenvalue weighted by Gasteiger charge is -2.34. The number of rotatable bonds is 3. The number of likely N-dealkylation sites (tertiary alicyclic amines) is 1. The maximum Gasteiger partial charge on any atom is 0.225 e. The van der Waals surface area contributed by atoms with Crippen LogP contribution in [0.25, 0.3) is 0 Å². The number of hydrogen-bond donors (Lipinski definition) is 0. The molecule has 1 amide bonds. The van der Waals surface area contributed by atoms with E-state index in [0.29, 0.717) is 43.2 Å². The molecule has 2 heterocycles. The predicted molar refractivity (Wildman–Crippen MR) is 84.0 cm³/mol. The van der Waals surface area contributed by atoms with Crippen LogP contribution in [0.15, 0.2) is 12.3 Å². The largest absolute Gasteiger partial charge is 0.474 e. The van der Waals surface area contributed by atoms with Crippen LogP contribution in [-0.4, -0.2) is 45.8 Å². The molecule has 1 aliphatic heterocycles. The van der Waals surface area contributed by atoms with Gasteiger partial charge in [0.2, 0.25) is 11.8 Å². The standard InChI is InChI=1S/C17H23N3O3/c1-12-18-9-6-16(19-12)23-15-7-10-20(11-8-15)17(22)13-2-4-14(21)5-3-13/h6,9,13,15H,2-5,7-8,10-11H2,1H3. The highest BCUT2D eigenvalue weighted by molar-refractivity contribution is 5.84. The highest BCUT2D eigenvalue weighted by atomic mass is 16.5. The van der Waals surface area contributed by atoms with E-state index < -0.39 is 0 Å². The highest BCUT2D eigenvalue weighted by Gasteiger charge is 2.31. The van der Waals surface area contributed by atoms with Crippen molar-refractivity contribution in [3.05, 3.63) is 18.1 Å². The molecule has 0 radical (unpaired) electrons. The van der Waals surface area contributed by atoms with E-state index in [0.717, 1.165) is 25.9 Å². The van der Waals surface area contributed by atoms with Gasteiger partial charge in [0.05, 0.1) is 0 Å². The number of aryl methyl sites for hydroxylation is 1. The van der Waals surface area contributed by atoms with Crippen LogP contribution in [0, 0.1) is 12.8 Å². The van der Waals surface area contributed by atoms with Gasteiger partial charge in [-0.05, 0) is 19.8 Å². The lowest BCUT2D eigenvalue weighted by Crippen LogP contribution is -2.45. The molecule has 0 aromatic carbocycles. The van der Waals surface area contributed by atoms with Gasteiger partial charge in [-0.3, -0.25) is 9.59 Å². The van der Waals surface area contributed by atoms with Crippen molar-refractivity contribution in [2.75, 3.05) is 13.1 Å². The second-order valence-electron chi connectivity index (χ2n) is 6.40. The van der Waals surface area contributed by atoms with Gasteiger partial charge in [-0.1, -0.05) is 0 Å². The third-order valence-electron chi connectivity index (χ3n) is 4.68. The van der Waals surface area contributed by atoms with Crippen LogP contribution in [0.2, 0.25) is 0 Å². The average Bonchev–Trinajstić information content (AvgIpc) is 2.56. The van der Waals surface area contributed by atoms with E-state index in [2.05, 4.69) is 9.97 Å². The fourth-order valence-corrected chi connectivity index (χ4v) is 3.31. The summed E-state index contributed by atoms with van der Waals surface area (Å²) in [7, 11) is 0. The first-order valence-corrected chi connectivity index (χ1v) is 8.38. The molecule has 0 N–H and O–H groups in total. The van der Waals surface area contributed by atoms with Crippen LogP contribution >= 0.6 is 0 Å². The van der Waals surface area contributed by atoms with E-state index in [1.807, 2.05) is 11.8 Å². The Labute approximate surface area is 136 Å². The maximum absolute atomic E-state index is 12.5. The summed E-state index contributed by atoms with van der Waals surface area (Å²) in [6.45, 7) is 3.28. The van der Waals surface area contributed by atoms with Crippen LogP contribution in [-0.2, 0) is 9.59 Å². The second-order valence-corrected chi connectivity index (χ2v) is 6.40. The summed E-state index contributed by atoms with van der Waals surface area (Å²) in [4.78, 5) is 34.1. The number of carbonyl (C=O) groups is 2. The van der Waals surface area contributed by atoms with Gasteiger partial charge in [0.15, 0.2) is 0 Å². The molecule has 1 aliphatic carbocycles. The smallest absolute Gasteiger partial charge is 0.225 e. The molecule has 124 valence electrons. The fourth-order valence-electron chi connectivity index (χ4n) is 3.31. The van der Waals surface area contributed by atoms with Crippen molar-refractivity contribution in [2.45, 2.75) is 51.6 Å². The van der Waals surface area contributed by atoms with Gasteiger partial charge in [0, 0.05) is 57.0 Å². The van der Waals surface area contributed by atoms with Gasteiger partial charge in [0.25, 0.3) is 0 Å². The summed E-state index contributed by atoms with van der Waals surface area (Å²) in [6.07, 6.45) is 5.98. The Morgan fingerprint density at radius 2 is 1.91 bits per heavy atom. The topological polar surface area (TPSA) is 72.4 Å². The molecule has 23 heavy (non-hydrogen) atoms. The van der Waals surface area contributed by atoms with Crippen molar-refractivity contribution in [1.29, 1.82) is 0 Å². The molecule has 0 spiro atoms. The van der Waals surface area contributed by atoms with Gasteiger partial charge in [0.1, 0.15) is 17.7 Å². The van der Waals surface area contributed by atoms with E-state index in [9.17, 15) is 9.59 Å². The number of ether oxygens (including phenoxy) is 1. The minimum Gasteiger partial charge on any atom is -0.474 e. The molecule has 6 heteroatoms. The molecular formula is C17H23N3O3. The number of piperidine rings is 1. The molecule has 2 fully saturated rings. The average molecular weight is 317 g/mol. The Morgan fingerprint density at radius 3 is 2.57 bits per heavy atom. The molecule has 2 aliphatic rings. The second kappa shape index (κ2) is 7.06. The first-order valence-electron chi connectivity index (χ1n) is 8.38.